The summed E-state index contributed by atoms with van der Waals surface area (Å²) in [6, 6.07) is 9.92. The molecule has 0 aliphatic carbocycles. The van der Waals surface area contributed by atoms with Gasteiger partial charge in [-0.2, -0.15) is 0 Å². The van der Waals surface area contributed by atoms with Gasteiger partial charge in [-0.15, -0.1) is 0 Å². The Morgan fingerprint density at radius 3 is 2.61 bits per heavy atom. The number of ether oxygens (including phenoxy) is 3. The van der Waals surface area contributed by atoms with E-state index in [1.807, 2.05) is 6.07 Å². The number of phenolic OH excluding ortho intramolecular Hbond substituents is 1. The third kappa shape index (κ3) is 2.99. The van der Waals surface area contributed by atoms with E-state index in [0.717, 1.165) is 5.56 Å². The van der Waals surface area contributed by atoms with Crippen molar-refractivity contribution in [2.75, 3.05) is 14.2 Å². The molecule has 3 rings (SSSR count). The molecule has 0 atom stereocenters. The minimum atomic E-state index is -0.0435. The van der Waals surface area contributed by atoms with E-state index in [1.165, 1.54) is 12.1 Å². The summed E-state index contributed by atoms with van der Waals surface area (Å²) >= 11 is 0. The second kappa shape index (κ2) is 6.04. The minimum absolute atomic E-state index is 0.0435. The molecule has 2 aromatic carbocycles. The summed E-state index contributed by atoms with van der Waals surface area (Å²) in [5.74, 6) is 2.13. The topological polar surface area (TPSA) is 65.0 Å². The molecule has 1 heterocycles. The molecule has 0 spiro atoms. The molecule has 0 aromatic heterocycles. The van der Waals surface area contributed by atoms with Crippen LogP contribution in [-0.2, 0) is 0 Å². The lowest BCUT2D eigenvalue weighted by Crippen LogP contribution is -2.13. The smallest absolute Gasteiger partial charge is 0.174 e. The number of phenols is 1. The van der Waals surface area contributed by atoms with Gasteiger partial charge in [0.1, 0.15) is 17.3 Å². The first-order valence-corrected chi connectivity index (χ1v) is 7.07. The van der Waals surface area contributed by atoms with Gasteiger partial charge in [0.2, 0.25) is 0 Å². The van der Waals surface area contributed by atoms with Crippen molar-refractivity contribution >= 4 is 11.9 Å². The van der Waals surface area contributed by atoms with Gasteiger partial charge in [-0.25, -0.2) is 0 Å². The molecule has 0 radical (unpaired) electrons. The molecule has 0 unspecified atom stereocenters. The molecule has 5 nitrogen and oxygen atoms in total. The van der Waals surface area contributed by atoms with Crippen molar-refractivity contribution in [3.8, 4) is 23.0 Å². The first-order chi connectivity index (χ1) is 11.1. The largest absolute Gasteiger partial charge is 0.508 e. The maximum absolute atomic E-state index is 12.2. The van der Waals surface area contributed by atoms with Crippen molar-refractivity contribution in [2.45, 2.75) is 6.42 Å². The Morgan fingerprint density at radius 2 is 1.87 bits per heavy atom. The van der Waals surface area contributed by atoms with Crippen molar-refractivity contribution < 1.29 is 24.1 Å². The number of carbonyl (C=O) groups excluding carboxylic acids is 1. The van der Waals surface area contributed by atoms with E-state index < -0.39 is 0 Å². The van der Waals surface area contributed by atoms with Crippen molar-refractivity contribution in [1.82, 2.24) is 0 Å². The van der Waals surface area contributed by atoms with Crippen LogP contribution >= 0.6 is 0 Å². The number of hydrogen-bond acceptors (Lipinski definition) is 5. The Labute approximate surface area is 133 Å². The van der Waals surface area contributed by atoms with Gasteiger partial charge in [-0.3, -0.25) is 4.79 Å². The average molecular weight is 312 g/mol. The molecular formula is C18H16O5. The molecule has 0 amide bonds. The number of aromatic hydroxyl groups is 1. The first-order valence-electron chi connectivity index (χ1n) is 7.07. The van der Waals surface area contributed by atoms with E-state index in [0.29, 0.717) is 28.6 Å². The SMILES string of the molecule is COc1ccc(/C=C2/CC(=O)c3ccc(O)cc3O2)cc1OC. The fraction of sp³-hybridized carbons (Fsp3) is 0.167. The van der Waals surface area contributed by atoms with Gasteiger partial charge in [0.15, 0.2) is 17.3 Å². The number of fused-ring (bicyclic) bond motifs is 1. The molecule has 0 fully saturated rings. The first kappa shape index (κ1) is 15.0. The van der Waals surface area contributed by atoms with Crippen molar-refractivity contribution in [1.29, 1.82) is 0 Å². The lowest BCUT2D eigenvalue weighted by Gasteiger charge is -2.19. The van der Waals surface area contributed by atoms with E-state index in [1.54, 1.807) is 38.5 Å². The normalized spacial score (nSPS) is 15.0. The van der Waals surface area contributed by atoms with Gasteiger partial charge in [-0.1, -0.05) is 6.07 Å². The molecule has 0 saturated heterocycles. The number of ketones is 1. The molecule has 1 N–H and O–H groups in total. The predicted molar refractivity (Wildman–Crippen MR) is 85.2 cm³/mol. The zero-order valence-electron chi connectivity index (χ0n) is 12.8. The summed E-state index contributed by atoms with van der Waals surface area (Å²) in [6.07, 6.45) is 1.94. The van der Waals surface area contributed by atoms with E-state index in [4.69, 9.17) is 14.2 Å². The van der Waals surface area contributed by atoms with Gasteiger partial charge in [-0.05, 0) is 35.9 Å². The maximum Gasteiger partial charge on any atom is 0.174 e. The Kier molecular flexibility index (Phi) is 3.93. The van der Waals surface area contributed by atoms with Crippen LogP contribution in [0.4, 0.5) is 0 Å². The quantitative estimate of drug-likeness (QED) is 0.941. The molecule has 1 aliphatic rings. The third-order valence-corrected chi connectivity index (χ3v) is 3.58. The number of carbonyl (C=O) groups is 1. The minimum Gasteiger partial charge on any atom is -0.508 e. The average Bonchev–Trinajstić information content (AvgIpc) is 2.54. The van der Waals surface area contributed by atoms with Crippen LogP contribution in [0, 0.1) is 0 Å². The number of Topliss-reactive ketones (excluding diaryl/α,β-unsaturated/α-hetero) is 1. The Hall–Kier alpha value is -2.95. The molecule has 0 bridgehead atoms. The summed E-state index contributed by atoms with van der Waals surface area (Å²) in [4.78, 5) is 12.2. The van der Waals surface area contributed by atoms with Crippen LogP contribution in [0.2, 0.25) is 0 Å². The van der Waals surface area contributed by atoms with Gasteiger partial charge in [0.05, 0.1) is 26.2 Å². The van der Waals surface area contributed by atoms with E-state index >= 15 is 0 Å². The molecule has 5 heteroatoms. The predicted octanol–water partition coefficient (Wildman–Crippen LogP) is 3.42. The number of benzene rings is 2. The van der Waals surface area contributed by atoms with E-state index in [9.17, 15) is 9.90 Å². The molecule has 118 valence electrons. The van der Waals surface area contributed by atoms with Crippen LogP contribution in [0.15, 0.2) is 42.2 Å². The van der Waals surface area contributed by atoms with Gasteiger partial charge < -0.3 is 19.3 Å². The zero-order valence-corrected chi connectivity index (χ0v) is 12.8. The standard InChI is InChI=1S/C18H16O5/c1-21-16-6-3-11(8-18(16)22-2)7-13-10-15(20)14-5-4-12(19)9-17(14)23-13/h3-9,19H,10H2,1-2H3/b13-7-. The number of hydrogen-bond donors (Lipinski definition) is 1. The fourth-order valence-corrected chi connectivity index (χ4v) is 2.47. The van der Waals surface area contributed by atoms with Crippen LogP contribution < -0.4 is 14.2 Å². The van der Waals surface area contributed by atoms with E-state index in [-0.39, 0.29) is 18.0 Å². The Balaban J connectivity index is 1.94. The zero-order chi connectivity index (χ0) is 16.4. The maximum atomic E-state index is 12.2. The molecule has 1 aliphatic heterocycles. The number of rotatable bonds is 3. The van der Waals surface area contributed by atoms with Crippen molar-refractivity contribution in [2.24, 2.45) is 0 Å². The van der Waals surface area contributed by atoms with Crippen LogP contribution in [0.25, 0.3) is 6.08 Å². The fourth-order valence-electron chi connectivity index (χ4n) is 2.47. The second-order valence-corrected chi connectivity index (χ2v) is 5.11. The van der Waals surface area contributed by atoms with Crippen molar-refractivity contribution in [3.63, 3.8) is 0 Å². The van der Waals surface area contributed by atoms with E-state index in [2.05, 4.69) is 0 Å². The lowest BCUT2D eigenvalue weighted by atomic mass is 10.0. The number of allylic oxidation sites excluding steroid dienone is 1. The number of methoxy groups -OCH3 is 2. The second-order valence-electron chi connectivity index (χ2n) is 5.11. The van der Waals surface area contributed by atoms with Crippen LogP contribution in [0.3, 0.4) is 0 Å². The van der Waals surface area contributed by atoms with Crippen molar-refractivity contribution in [3.05, 3.63) is 53.3 Å². The molecular weight excluding hydrogens is 296 g/mol. The van der Waals surface area contributed by atoms with Crippen LogP contribution in [0.1, 0.15) is 22.3 Å². The van der Waals surface area contributed by atoms with Crippen LogP contribution in [0.5, 0.6) is 23.0 Å². The Morgan fingerprint density at radius 1 is 1.09 bits per heavy atom. The highest BCUT2D eigenvalue weighted by Gasteiger charge is 2.22. The highest BCUT2D eigenvalue weighted by Crippen LogP contribution is 2.34. The molecule has 23 heavy (non-hydrogen) atoms. The molecule has 0 saturated carbocycles. The van der Waals surface area contributed by atoms with Crippen LogP contribution in [-0.4, -0.2) is 25.1 Å². The van der Waals surface area contributed by atoms with Gasteiger partial charge in [0, 0.05) is 6.07 Å². The summed E-state index contributed by atoms with van der Waals surface area (Å²) in [7, 11) is 3.14. The summed E-state index contributed by atoms with van der Waals surface area (Å²) < 4.78 is 16.2. The summed E-state index contributed by atoms with van der Waals surface area (Å²) in [5.41, 5.74) is 1.31. The highest BCUT2D eigenvalue weighted by atomic mass is 16.5. The lowest BCUT2D eigenvalue weighted by molar-refractivity contribution is 0.0965. The van der Waals surface area contributed by atoms with Gasteiger partial charge >= 0.3 is 0 Å². The molecule has 2 aromatic rings. The third-order valence-electron chi connectivity index (χ3n) is 3.58. The van der Waals surface area contributed by atoms with Gasteiger partial charge in [0.25, 0.3) is 0 Å². The highest BCUT2D eigenvalue weighted by molar-refractivity contribution is 6.01. The summed E-state index contributed by atoms with van der Waals surface area (Å²) in [6.45, 7) is 0. The Bertz CT molecular complexity index is 792. The monoisotopic (exact) mass is 312 g/mol. The summed E-state index contributed by atoms with van der Waals surface area (Å²) in [5, 5.41) is 9.54.